The zero-order chi connectivity index (χ0) is 14.3. The molecule has 0 bridgehead atoms. The highest BCUT2D eigenvalue weighted by Crippen LogP contribution is 2.19. The highest BCUT2D eigenvalue weighted by molar-refractivity contribution is 5.81. The molecule has 1 aliphatic rings. The number of hydrogen-bond donors (Lipinski definition) is 1. The summed E-state index contributed by atoms with van der Waals surface area (Å²) in [4.78, 5) is 25.8. The summed E-state index contributed by atoms with van der Waals surface area (Å²) in [5.74, 6) is -0.171. The van der Waals surface area contributed by atoms with Crippen molar-refractivity contribution in [1.82, 2.24) is 10.2 Å². The van der Waals surface area contributed by atoms with Crippen LogP contribution < -0.4 is 5.32 Å². The summed E-state index contributed by atoms with van der Waals surface area (Å²) in [7, 11) is 0. The van der Waals surface area contributed by atoms with E-state index in [0.29, 0.717) is 19.7 Å². The van der Waals surface area contributed by atoms with Crippen LogP contribution in [0, 0.1) is 5.92 Å². The lowest BCUT2D eigenvalue weighted by atomic mass is 9.97. The number of amides is 1. The lowest BCUT2D eigenvalue weighted by molar-refractivity contribution is -0.151. The predicted octanol–water partition coefficient (Wildman–Crippen LogP) is 1.18. The third kappa shape index (κ3) is 4.82. The van der Waals surface area contributed by atoms with Gasteiger partial charge in [0.1, 0.15) is 0 Å². The van der Waals surface area contributed by atoms with E-state index in [4.69, 9.17) is 4.74 Å². The van der Waals surface area contributed by atoms with E-state index in [1.807, 2.05) is 20.8 Å². The van der Waals surface area contributed by atoms with Crippen LogP contribution in [0.15, 0.2) is 0 Å². The molecule has 1 fully saturated rings. The van der Waals surface area contributed by atoms with Crippen molar-refractivity contribution in [2.24, 2.45) is 5.92 Å². The summed E-state index contributed by atoms with van der Waals surface area (Å²) in [6.07, 6.45) is 2.73. The first-order valence-corrected chi connectivity index (χ1v) is 7.28. The van der Waals surface area contributed by atoms with Crippen LogP contribution in [-0.2, 0) is 14.3 Å². The van der Waals surface area contributed by atoms with Gasteiger partial charge in [0.15, 0.2) is 0 Å². The molecule has 0 aromatic carbocycles. The number of ether oxygens (including phenoxy) is 1. The smallest absolute Gasteiger partial charge is 0.310 e. The van der Waals surface area contributed by atoms with Gasteiger partial charge in [-0.2, -0.15) is 0 Å². The summed E-state index contributed by atoms with van der Waals surface area (Å²) in [5.41, 5.74) is 0. The van der Waals surface area contributed by atoms with Crippen molar-refractivity contribution in [3.63, 3.8) is 0 Å². The SMILES string of the molecule is CCCNC(=O)C(C)N1CCC[C@H](C(=O)OCC)C1. The second kappa shape index (κ2) is 8.15. The van der Waals surface area contributed by atoms with E-state index < -0.39 is 0 Å². The number of likely N-dealkylation sites (tertiary alicyclic amines) is 1. The standard InChI is InChI=1S/C14H26N2O3/c1-4-8-15-13(17)11(3)16-9-6-7-12(10-16)14(18)19-5-2/h11-12H,4-10H2,1-3H3,(H,15,17)/t11?,12-/m0/s1. The van der Waals surface area contributed by atoms with Crippen molar-refractivity contribution in [1.29, 1.82) is 0 Å². The summed E-state index contributed by atoms with van der Waals surface area (Å²) in [5, 5.41) is 2.90. The first-order chi connectivity index (χ1) is 9.10. The predicted molar refractivity (Wildman–Crippen MR) is 73.7 cm³/mol. The van der Waals surface area contributed by atoms with Gasteiger partial charge in [0.25, 0.3) is 0 Å². The normalized spacial score (nSPS) is 21.7. The number of rotatable bonds is 6. The molecule has 1 amide bonds. The maximum Gasteiger partial charge on any atom is 0.310 e. The molecule has 0 aliphatic carbocycles. The van der Waals surface area contributed by atoms with Crippen LogP contribution in [0.1, 0.15) is 40.0 Å². The molecule has 110 valence electrons. The van der Waals surface area contributed by atoms with Gasteiger partial charge in [-0.15, -0.1) is 0 Å². The minimum Gasteiger partial charge on any atom is -0.466 e. The van der Waals surface area contributed by atoms with Gasteiger partial charge in [-0.05, 0) is 39.7 Å². The highest BCUT2D eigenvalue weighted by Gasteiger charge is 2.31. The Balaban J connectivity index is 2.49. The Hall–Kier alpha value is -1.10. The van der Waals surface area contributed by atoms with Gasteiger partial charge in [0, 0.05) is 13.1 Å². The lowest BCUT2D eigenvalue weighted by Crippen LogP contribution is -2.50. The van der Waals surface area contributed by atoms with Crippen LogP contribution in [0.25, 0.3) is 0 Å². The van der Waals surface area contributed by atoms with E-state index >= 15 is 0 Å². The van der Waals surface area contributed by atoms with Gasteiger partial charge in [0.2, 0.25) is 5.91 Å². The third-order valence-corrected chi connectivity index (χ3v) is 3.55. The Morgan fingerprint density at radius 3 is 2.79 bits per heavy atom. The first-order valence-electron chi connectivity index (χ1n) is 7.28. The van der Waals surface area contributed by atoms with Crippen molar-refractivity contribution in [3.8, 4) is 0 Å². The minimum atomic E-state index is -0.177. The fourth-order valence-corrected chi connectivity index (χ4v) is 2.37. The summed E-state index contributed by atoms with van der Waals surface area (Å²) < 4.78 is 5.07. The van der Waals surface area contributed by atoms with Crippen LogP contribution in [0.4, 0.5) is 0 Å². The fraction of sp³-hybridized carbons (Fsp3) is 0.857. The van der Waals surface area contributed by atoms with Crippen molar-refractivity contribution < 1.29 is 14.3 Å². The molecule has 0 radical (unpaired) electrons. The maximum atomic E-state index is 11.9. The Morgan fingerprint density at radius 1 is 1.42 bits per heavy atom. The number of esters is 1. The molecule has 19 heavy (non-hydrogen) atoms. The third-order valence-electron chi connectivity index (χ3n) is 3.55. The second-order valence-corrected chi connectivity index (χ2v) is 5.05. The topological polar surface area (TPSA) is 58.6 Å². The molecule has 5 heteroatoms. The molecule has 1 saturated heterocycles. The molecular weight excluding hydrogens is 244 g/mol. The molecule has 1 heterocycles. The van der Waals surface area contributed by atoms with Crippen molar-refractivity contribution in [2.75, 3.05) is 26.2 Å². The average Bonchev–Trinajstić information content (AvgIpc) is 2.44. The fourth-order valence-electron chi connectivity index (χ4n) is 2.37. The Labute approximate surface area is 115 Å². The minimum absolute atomic E-state index is 0.0476. The van der Waals surface area contributed by atoms with Crippen molar-refractivity contribution in [3.05, 3.63) is 0 Å². The number of carbonyl (C=O) groups excluding carboxylic acids is 2. The first kappa shape index (κ1) is 16.0. The molecule has 0 aromatic rings. The second-order valence-electron chi connectivity index (χ2n) is 5.05. The van der Waals surface area contributed by atoms with Crippen molar-refractivity contribution in [2.45, 2.75) is 46.1 Å². The molecule has 5 nitrogen and oxygen atoms in total. The zero-order valence-corrected chi connectivity index (χ0v) is 12.3. The molecule has 2 atom stereocenters. The van der Waals surface area contributed by atoms with Crippen molar-refractivity contribution >= 4 is 11.9 Å². The monoisotopic (exact) mass is 270 g/mol. The van der Waals surface area contributed by atoms with Crippen LogP contribution in [0.5, 0.6) is 0 Å². The van der Waals surface area contributed by atoms with Gasteiger partial charge in [-0.3, -0.25) is 14.5 Å². The molecule has 1 rings (SSSR count). The molecule has 0 spiro atoms. The van der Waals surface area contributed by atoms with Crippen LogP contribution in [0.2, 0.25) is 0 Å². The maximum absolute atomic E-state index is 11.9. The van der Waals surface area contributed by atoms with Gasteiger partial charge in [-0.1, -0.05) is 6.92 Å². The van der Waals surface area contributed by atoms with E-state index in [9.17, 15) is 9.59 Å². The van der Waals surface area contributed by atoms with Gasteiger partial charge in [-0.25, -0.2) is 0 Å². The highest BCUT2D eigenvalue weighted by atomic mass is 16.5. The molecular formula is C14H26N2O3. The lowest BCUT2D eigenvalue weighted by Gasteiger charge is -2.35. The Morgan fingerprint density at radius 2 is 2.16 bits per heavy atom. The molecule has 0 aromatic heterocycles. The molecule has 0 saturated carbocycles. The Bertz CT molecular complexity index is 307. The largest absolute Gasteiger partial charge is 0.466 e. The van der Waals surface area contributed by atoms with Crippen LogP contribution >= 0.6 is 0 Å². The number of piperidine rings is 1. The number of nitrogens with zero attached hydrogens (tertiary/aromatic N) is 1. The number of hydrogen-bond acceptors (Lipinski definition) is 4. The average molecular weight is 270 g/mol. The molecule has 1 unspecified atom stereocenters. The number of carbonyl (C=O) groups is 2. The van der Waals surface area contributed by atoms with E-state index in [1.54, 1.807) is 0 Å². The van der Waals surface area contributed by atoms with E-state index in [0.717, 1.165) is 25.8 Å². The van der Waals surface area contributed by atoms with Gasteiger partial charge >= 0.3 is 5.97 Å². The number of nitrogens with one attached hydrogen (secondary N) is 1. The van der Waals surface area contributed by atoms with Crippen LogP contribution in [-0.4, -0.2) is 49.1 Å². The van der Waals surface area contributed by atoms with Crippen LogP contribution in [0.3, 0.4) is 0 Å². The summed E-state index contributed by atoms with van der Waals surface area (Å²) >= 11 is 0. The van der Waals surface area contributed by atoms with Gasteiger partial charge < -0.3 is 10.1 Å². The Kier molecular flexibility index (Phi) is 6.84. The summed E-state index contributed by atoms with van der Waals surface area (Å²) in [6.45, 7) is 8.37. The molecule has 1 aliphatic heterocycles. The van der Waals surface area contributed by atoms with E-state index in [2.05, 4.69) is 10.2 Å². The molecule has 1 N–H and O–H groups in total. The van der Waals surface area contributed by atoms with E-state index in [1.165, 1.54) is 0 Å². The van der Waals surface area contributed by atoms with Gasteiger partial charge in [0.05, 0.1) is 18.6 Å². The zero-order valence-electron chi connectivity index (χ0n) is 12.3. The summed E-state index contributed by atoms with van der Waals surface area (Å²) in [6, 6.07) is -0.177. The quantitative estimate of drug-likeness (QED) is 0.736. The van der Waals surface area contributed by atoms with E-state index in [-0.39, 0.29) is 23.8 Å².